The summed E-state index contributed by atoms with van der Waals surface area (Å²) >= 11 is 12.0. The number of hydrogen-bond donors (Lipinski definition) is 3. The summed E-state index contributed by atoms with van der Waals surface area (Å²) in [6.45, 7) is 0.196. The Morgan fingerprint density at radius 3 is 2.76 bits per heavy atom. The van der Waals surface area contributed by atoms with Crippen LogP contribution in [0.3, 0.4) is 0 Å². The number of hydrogen-bond acceptors (Lipinski definition) is 6. The minimum atomic E-state index is 0.0860. The van der Waals surface area contributed by atoms with E-state index in [-0.39, 0.29) is 23.8 Å². The Hall–Kier alpha value is -2.07. The molecule has 2 atom stereocenters. The number of nitrogens with two attached hydrogens (primary N) is 1. The Morgan fingerprint density at radius 1 is 1.24 bits per heavy atom. The van der Waals surface area contributed by atoms with Gasteiger partial charge in [0.25, 0.3) is 0 Å². The van der Waals surface area contributed by atoms with Crippen LogP contribution in [0.4, 0.5) is 11.8 Å². The molecule has 0 spiro atoms. The van der Waals surface area contributed by atoms with E-state index in [0.717, 1.165) is 19.3 Å². The molecule has 0 aliphatic heterocycles. The van der Waals surface area contributed by atoms with E-state index in [9.17, 15) is 5.11 Å². The van der Waals surface area contributed by atoms with Gasteiger partial charge in [-0.25, -0.2) is 4.98 Å². The van der Waals surface area contributed by atoms with Crippen LogP contribution in [0.5, 0.6) is 0 Å². The Kier molecular flexibility index (Phi) is 5.59. The smallest absolute Gasteiger partial charge is 0.223 e. The fourth-order valence-corrected chi connectivity index (χ4v) is 3.15. The van der Waals surface area contributed by atoms with Crippen LogP contribution in [0.2, 0.25) is 10.3 Å². The molecule has 0 saturated heterocycles. The summed E-state index contributed by atoms with van der Waals surface area (Å²) in [5.74, 6) is 6.87. The van der Waals surface area contributed by atoms with Gasteiger partial charge in [-0.2, -0.15) is 9.97 Å². The molecule has 1 aliphatic carbocycles. The molecule has 1 aliphatic rings. The van der Waals surface area contributed by atoms with Gasteiger partial charge in [-0.05, 0) is 37.3 Å². The van der Waals surface area contributed by atoms with E-state index in [1.54, 1.807) is 18.3 Å². The van der Waals surface area contributed by atoms with Crippen molar-refractivity contribution in [1.29, 1.82) is 0 Å². The first-order chi connectivity index (χ1) is 12.0. The third-order valence-corrected chi connectivity index (χ3v) is 4.58. The molecule has 1 saturated carbocycles. The third kappa shape index (κ3) is 4.51. The third-order valence-electron chi connectivity index (χ3n) is 4.08. The maximum atomic E-state index is 9.29. The van der Waals surface area contributed by atoms with E-state index < -0.39 is 0 Å². The number of anilines is 2. The molecule has 2 aromatic rings. The molecular formula is C17H17Cl2N5O. The second-order valence-electron chi connectivity index (χ2n) is 5.92. The van der Waals surface area contributed by atoms with Crippen molar-refractivity contribution in [3.8, 4) is 11.8 Å². The van der Waals surface area contributed by atoms with Gasteiger partial charge >= 0.3 is 0 Å². The van der Waals surface area contributed by atoms with Gasteiger partial charge in [0.1, 0.15) is 16.5 Å². The van der Waals surface area contributed by atoms with Crippen LogP contribution >= 0.6 is 23.2 Å². The average Bonchev–Trinajstić information content (AvgIpc) is 3.03. The van der Waals surface area contributed by atoms with Gasteiger partial charge in [0.05, 0.1) is 0 Å². The lowest BCUT2D eigenvalue weighted by molar-refractivity contribution is 0.229. The number of aromatic nitrogens is 3. The summed E-state index contributed by atoms with van der Waals surface area (Å²) in [6.07, 6.45) is 4.37. The maximum absolute atomic E-state index is 9.29. The molecule has 3 rings (SSSR count). The fourth-order valence-electron chi connectivity index (χ4n) is 2.81. The summed E-state index contributed by atoms with van der Waals surface area (Å²) in [7, 11) is 0. The summed E-state index contributed by atoms with van der Waals surface area (Å²) in [4.78, 5) is 12.2. The Bertz CT molecular complexity index is 816. The second-order valence-corrected chi connectivity index (χ2v) is 6.66. The lowest BCUT2D eigenvalue weighted by Gasteiger charge is -2.15. The van der Waals surface area contributed by atoms with E-state index in [2.05, 4.69) is 32.1 Å². The van der Waals surface area contributed by atoms with E-state index >= 15 is 0 Å². The Labute approximate surface area is 155 Å². The van der Waals surface area contributed by atoms with Crippen molar-refractivity contribution < 1.29 is 5.11 Å². The van der Waals surface area contributed by atoms with E-state index in [1.807, 2.05) is 0 Å². The first-order valence-corrected chi connectivity index (χ1v) is 8.64. The molecule has 25 heavy (non-hydrogen) atoms. The molecule has 8 heteroatoms. The highest BCUT2D eigenvalue weighted by molar-refractivity contribution is 6.31. The second kappa shape index (κ2) is 7.87. The number of nitrogen functional groups attached to an aromatic ring is 1. The molecule has 0 radical (unpaired) electrons. The normalized spacial score (nSPS) is 19.3. The number of halogens is 2. The van der Waals surface area contributed by atoms with Crippen LogP contribution in [-0.2, 0) is 0 Å². The molecule has 1 fully saturated rings. The van der Waals surface area contributed by atoms with Gasteiger partial charge < -0.3 is 16.2 Å². The van der Waals surface area contributed by atoms with Crippen molar-refractivity contribution in [2.75, 3.05) is 17.7 Å². The van der Waals surface area contributed by atoms with Crippen molar-refractivity contribution in [3.63, 3.8) is 0 Å². The molecule has 0 bridgehead atoms. The first-order valence-electron chi connectivity index (χ1n) is 7.89. The lowest BCUT2D eigenvalue weighted by atomic mass is 10.1. The number of nitrogens with zero attached hydrogens (tertiary/aromatic N) is 3. The van der Waals surface area contributed by atoms with Crippen LogP contribution in [0.15, 0.2) is 18.3 Å². The molecule has 2 aromatic heterocycles. The van der Waals surface area contributed by atoms with Crippen molar-refractivity contribution >= 4 is 35.0 Å². The van der Waals surface area contributed by atoms with Crippen LogP contribution < -0.4 is 11.1 Å². The molecule has 0 aromatic carbocycles. The number of rotatable bonds is 3. The molecule has 130 valence electrons. The first kappa shape index (κ1) is 17.7. The van der Waals surface area contributed by atoms with Gasteiger partial charge in [-0.3, -0.25) is 0 Å². The van der Waals surface area contributed by atoms with Gasteiger partial charge in [0, 0.05) is 24.4 Å². The molecule has 0 amide bonds. The Balaban J connectivity index is 1.87. The van der Waals surface area contributed by atoms with E-state index in [0.29, 0.717) is 28.0 Å². The predicted molar refractivity (Wildman–Crippen MR) is 98.5 cm³/mol. The standard InChI is InChI=1S/C17H17Cl2N5O/c18-14-6-3-10(8-21-14)2-5-13-15(19)23-17(20)24-16(13)22-12-4-1-11(7-12)9-25/h3,6,8,11-12,25H,1,4,7,9H2,(H3,20,22,23,24)/t11-,12+/m1/s1. The highest BCUT2D eigenvalue weighted by Crippen LogP contribution is 2.29. The largest absolute Gasteiger partial charge is 0.396 e. The van der Waals surface area contributed by atoms with E-state index in [4.69, 9.17) is 28.9 Å². The molecular weight excluding hydrogens is 361 g/mol. The zero-order valence-electron chi connectivity index (χ0n) is 13.3. The highest BCUT2D eigenvalue weighted by atomic mass is 35.5. The number of pyridine rings is 1. The lowest BCUT2D eigenvalue weighted by Crippen LogP contribution is -2.19. The van der Waals surface area contributed by atoms with E-state index in [1.165, 1.54) is 0 Å². The quantitative estimate of drug-likeness (QED) is 0.432. The minimum Gasteiger partial charge on any atom is -0.396 e. The average molecular weight is 378 g/mol. The number of aliphatic hydroxyl groups excluding tert-OH is 1. The summed E-state index contributed by atoms with van der Waals surface area (Å²) < 4.78 is 0. The molecule has 2 heterocycles. The predicted octanol–water partition coefficient (Wildman–Crippen LogP) is 2.73. The summed E-state index contributed by atoms with van der Waals surface area (Å²) in [5.41, 5.74) is 6.90. The number of nitrogens with one attached hydrogen (secondary N) is 1. The monoisotopic (exact) mass is 377 g/mol. The zero-order valence-corrected chi connectivity index (χ0v) is 14.8. The van der Waals surface area contributed by atoms with Crippen molar-refractivity contribution in [2.24, 2.45) is 5.92 Å². The van der Waals surface area contributed by atoms with Crippen LogP contribution in [0.1, 0.15) is 30.4 Å². The van der Waals surface area contributed by atoms with Gasteiger partial charge in [0.15, 0.2) is 5.15 Å². The van der Waals surface area contributed by atoms with Crippen molar-refractivity contribution in [2.45, 2.75) is 25.3 Å². The van der Waals surface area contributed by atoms with Crippen molar-refractivity contribution in [3.05, 3.63) is 39.8 Å². The molecule has 4 N–H and O–H groups in total. The maximum Gasteiger partial charge on any atom is 0.223 e. The van der Waals surface area contributed by atoms with Crippen LogP contribution in [0.25, 0.3) is 0 Å². The topological polar surface area (TPSA) is 97.0 Å². The van der Waals surface area contributed by atoms with Gasteiger partial charge in [-0.1, -0.05) is 35.0 Å². The molecule has 6 nitrogen and oxygen atoms in total. The fraction of sp³-hybridized carbons (Fsp3) is 0.353. The Morgan fingerprint density at radius 2 is 2.08 bits per heavy atom. The minimum absolute atomic E-state index is 0.0860. The SMILES string of the molecule is Nc1nc(Cl)c(C#Cc2ccc(Cl)nc2)c(N[C@H]2CC[C@@H](CO)C2)n1. The van der Waals surface area contributed by atoms with Crippen molar-refractivity contribution in [1.82, 2.24) is 15.0 Å². The highest BCUT2D eigenvalue weighted by Gasteiger charge is 2.25. The van der Waals surface area contributed by atoms with Gasteiger partial charge in [-0.15, -0.1) is 0 Å². The summed E-state index contributed by atoms with van der Waals surface area (Å²) in [6, 6.07) is 3.63. The molecule has 0 unspecified atom stereocenters. The van der Waals surface area contributed by atoms with Gasteiger partial charge in [0.2, 0.25) is 5.95 Å². The zero-order chi connectivity index (χ0) is 17.8. The van der Waals surface area contributed by atoms with Crippen LogP contribution in [0, 0.1) is 17.8 Å². The van der Waals surface area contributed by atoms with Crippen LogP contribution in [-0.4, -0.2) is 32.7 Å². The summed E-state index contributed by atoms with van der Waals surface area (Å²) in [5, 5.41) is 13.2. The number of aliphatic hydroxyl groups is 1.